The quantitative estimate of drug-likeness (QED) is 0.848. The highest BCUT2D eigenvalue weighted by Gasteiger charge is 2.46. The number of hydrogen-bond donors (Lipinski definition) is 2. The van der Waals surface area contributed by atoms with Crippen molar-refractivity contribution in [1.29, 1.82) is 0 Å². The van der Waals surface area contributed by atoms with Crippen LogP contribution in [0, 0.1) is 0 Å². The average molecular weight is 283 g/mol. The number of aliphatic hydroxyl groups excluding tert-OH is 1. The van der Waals surface area contributed by atoms with Crippen LogP contribution in [-0.4, -0.2) is 31.7 Å². The number of aliphatic hydroxyl groups is 1. The molecule has 0 radical (unpaired) electrons. The lowest BCUT2D eigenvalue weighted by atomic mass is 10.1. The van der Waals surface area contributed by atoms with Crippen LogP contribution in [0.3, 0.4) is 0 Å². The van der Waals surface area contributed by atoms with E-state index in [0.29, 0.717) is 5.56 Å². The van der Waals surface area contributed by atoms with Gasteiger partial charge in [0.15, 0.2) is 0 Å². The SMILES string of the molecule is O=S(=O)(N[C@@H](CO)Cc1ccccc1)C(F)(F)F. The van der Waals surface area contributed by atoms with Crippen LogP contribution in [0.2, 0.25) is 0 Å². The maximum absolute atomic E-state index is 12.1. The molecular weight excluding hydrogens is 271 g/mol. The molecule has 0 unspecified atom stereocenters. The number of benzene rings is 1. The average Bonchev–Trinajstić information content (AvgIpc) is 2.27. The number of sulfonamides is 1. The Balaban J connectivity index is 2.75. The van der Waals surface area contributed by atoms with Gasteiger partial charge in [0, 0.05) is 6.04 Å². The summed E-state index contributed by atoms with van der Waals surface area (Å²) < 4.78 is 59.6. The molecule has 0 bridgehead atoms. The zero-order chi connectivity index (χ0) is 13.8. The minimum absolute atomic E-state index is 0.0212. The summed E-state index contributed by atoms with van der Waals surface area (Å²) in [5.74, 6) is 0. The van der Waals surface area contributed by atoms with Gasteiger partial charge in [0.2, 0.25) is 0 Å². The van der Waals surface area contributed by atoms with Crippen LogP contribution >= 0.6 is 0 Å². The Bertz CT molecular complexity index is 473. The Morgan fingerprint density at radius 2 is 1.78 bits per heavy atom. The summed E-state index contributed by atoms with van der Waals surface area (Å²) in [4.78, 5) is 0. The van der Waals surface area contributed by atoms with Crippen molar-refractivity contribution in [3.63, 3.8) is 0 Å². The lowest BCUT2D eigenvalue weighted by Gasteiger charge is -2.17. The van der Waals surface area contributed by atoms with Crippen molar-refractivity contribution >= 4 is 10.0 Å². The Kier molecular flexibility index (Phi) is 4.71. The number of hydrogen-bond acceptors (Lipinski definition) is 3. The zero-order valence-corrected chi connectivity index (χ0v) is 10.0. The Hall–Kier alpha value is -1.12. The summed E-state index contributed by atoms with van der Waals surface area (Å²) in [5.41, 5.74) is -4.75. The van der Waals surface area contributed by atoms with Gasteiger partial charge >= 0.3 is 15.5 Å². The van der Waals surface area contributed by atoms with Gasteiger partial charge in [-0.05, 0) is 12.0 Å². The summed E-state index contributed by atoms with van der Waals surface area (Å²) in [6.45, 7) is -0.718. The molecule has 4 nitrogen and oxygen atoms in total. The molecule has 8 heteroatoms. The Morgan fingerprint density at radius 3 is 2.22 bits per heavy atom. The van der Waals surface area contributed by atoms with Crippen LogP contribution in [0.25, 0.3) is 0 Å². The van der Waals surface area contributed by atoms with Crippen LogP contribution in [-0.2, 0) is 16.4 Å². The summed E-state index contributed by atoms with van der Waals surface area (Å²) >= 11 is 0. The largest absolute Gasteiger partial charge is 0.511 e. The molecule has 2 N–H and O–H groups in total. The third kappa shape index (κ3) is 3.97. The third-order valence-electron chi connectivity index (χ3n) is 2.17. The number of rotatable bonds is 5. The van der Waals surface area contributed by atoms with E-state index in [9.17, 15) is 21.6 Å². The summed E-state index contributed by atoms with van der Waals surface area (Å²) in [6.07, 6.45) is -0.0212. The summed E-state index contributed by atoms with van der Waals surface area (Å²) in [5, 5.41) is 8.92. The van der Waals surface area contributed by atoms with Gasteiger partial charge < -0.3 is 5.11 Å². The second kappa shape index (κ2) is 5.68. The molecule has 0 aliphatic carbocycles. The van der Waals surface area contributed by atoms with Crippen molar-refractivity contribution < 1.29 is 26.7 Å². The molecule has 1 rings (SSSR count). The van der Waals surface area contributed by atoms with Crippen molar-refractivity contribution in [2.24, 2.45) is 0 Å². The molecular formula is C10H12F3NO3S. The van der Waals surface area contributed by atoms with Gasteiger partial charge in [-0.15, -0.1) is 0 Å². The van der Waals surface area contributed by atoms with Crippen LogP contribution in [0.4, 0.5) is 13.2 Å². The van der Waals surface area contributed by atoms with E-state index in [0.717, 1.165) is 0 Å². The Labute approximate surface area is 102 Å². The van der Waals surface area contributed by atoms with E-state index >= 15 is 0 Å². The molecule has 102 valence electrons. The molecule has 0 aliphatic heterocycles. The number of halogens is 3. The van der Waals surface area contributed by atoms with Crippen molar-refractivity contribution in [3.05, 3.63) is 35.9 Å². The van der Waals surface area contributed by atoms with Crippen molar-refractivity contribution in [1.82, 2.24) is 4.72 Å². The lowest BCUT2D eigenvalue weighted by Crippen LogP contribution is -2.45. The molecule has 0 saturated heterocycles. The highest BCUT2D eigenvalue weighted by Crippen LogP contribution is 2.22. The fourth-order valence-electron chi connectivity index (χ4n) is 1.33. The summed E-state index contributed by atoms with van der Waals surface area (Å²) in [7, 11) is -5.44. The van der Waals surface area contributed by atoms with Crippen molar-refractivity contribution in [2.45, 2.75) is 18.0 Å². The van der Waals surface area contributed by atoms with Crippen LogP contribution < -0.4 is 4.72 Å². The van der Waals surface area contributed by atoms with Crippen molar-refractivity contribution in [3.8, 4) is 0 Å². The predicted octanol–water partition coefficient (Wildman–Crippen LogP) is 1.03. The molecule has 0 fully saturated rings. The van der Waals surface area contributed by atoms with Gasteiger partial charge in [-0.25, -0.2) is 13.1 Å². The topological polar surface area (TPSA) is 66.4 Å². The molecule has 0 aliphatic rings. The normalized spacial score (nSPS) is 14.4. The van der Waals surface area contributed by atoms with E-state index in [1.54, 1.807) is 30.3 Å². The van der Waals surface area contributed by atoms with Crippen molar-refractivity contribution in [2.75, 3.05) is 6.61 Å². The highest BCUT2D eigenvalue weighted by molar-refractivity contribution is 7.90. The fourth-order valence-corrected chi connectivity index (χ4v) is 2.06. The van der Waals surface area contributed by atoms with Crippen LogP contribution in [0.15, 0.2) is 30.3 Å². The molecule has 0 spiro atoms. The predicted molar refractivity (Wildman–Crippen MR) is 59.1 cm³/mol. The van der Waals surface area contributed by atoms with Gasteiger partial charge in [0.1, 0.15) is 0 Å². The number of nitrogens with one attached hydrogen (secondary N) is 1. The Morgan fingerprint density at radius 1 is 1.22 bits per heavy atom. The smallest absolute Gasteiger partial charge is 0.395 e. The third-order valence-corrected chi connectivity index (χ3v) is 3.42. The molecule has 18 heavy (non-hydrogen) atoms. The second-order valence-electron chi connectivity index (χ2n) is 3.64. The first kappa shape index (κ1) is 14.9. The molecule has 1 aromatic rings. The van der Waals surface area contributed by atoms with E-state index in [4.69, 9.17) is 5.11 Å². The summed E-state index contributed by atoms with van der Waals surface area (Å²) in [6, 6.07) is 7.11. The van der Waals surface area contributed by atoms with Crippen LogP contribution in [0.1, 0.15) is 5.56 Å². The standard InChI is InChI=1S/C10H12F3NO3S/c11-10(12,13)18(16,17)14-9(7-15)6-8-4-2-1-3-5-8/h1-5,9,14-15H,6-7H2/t9-/m1/s1. The van der Waals surface area contributed by atoms with Gasteiger partial charge in [-0.1, -0.05) is 30.3 Å². The number of alkyl halides is 3. The maximum Gasteiger partial charge on any atom is 0.511 e. The monoisotopic (exact) mass is 283 g/mol. The molecule has 1 atom stereocenters. The van der Waals surface area contributed by atoms with Gasteiger partial charge in [0.25, 0.3) is 0 Å². The molecule has 0 aromatic heterocycles. The van der Waals surface area contributed by atoms with E-state index in [1.807, 2.05) is 0 Å². The van der Waals surface area contributed by atoms with Gasteiger partial charge in [-0.3, -0.25) is 0 Å². The van der Waals surface area contributed by atoms with Crippen LogP contribution in [0.5, 0.6) is 0 Å². The van der Waals surface area contributed by atoms with E-state index in [-0.39, 0.29) is 6.42 Å². The molecule has 0 saturated carbocycles. The molecule has 0 amide bonds. The first-order valence-electron chi connectivity index (χ1n) is 4.99. The first-order chi connectivity index (χ1) is 8.26. The second-order valence-corrected chi connectivity index (χ2v) is 5.34. The minimum Gasteiger partial charge on any atom is -0.395 e. The minimum atomic E-state index is -5.44. The lowest BCUT2D eigenvalue weighted by molar-refractivity contribution is -0.0452. The fraction of sp³-hybridized carbons (Fsp3) is 0.400. The maximum atomic E-state index is 12.1. The molecule has 0 heterocycles. The molecule has 1 aromatic carbocycles. The zero-order valence-electron chi connectivity index (χ0n) is 9.18. The van der Waals surface area contributed by atoms with Gasteiger partial charge in [0.05, 0.1) is 6.61 Å². The van der Waals surface area contributed by atoms with E-state index in [2.05, 4.69) is 0 Å². The van der Waals surface area contributed by atoms with E-state index in [1.165, 1.54) is 4.72 Å². The first-order valence-corrected chi connectivity index (χ1v) is 6.48. The van der Waals surface area contributed by atoms with E-state index < -0.39 is 28.2 Å². The van der Waals surface area contributed by atoms with Gasteiger partial charge in [-0.2, -0.15) is 13.2 Å². The highest BCUT2D eigenvalue weighted by atomic mass is 32.2.